The molecule has 0 spiro atoms. The fourth-order valence-corrected chi connectivity index (χ4v) is 3.48. The number of benzene rings is 2. The highest BCUT2D eigenvalue weighted by atomic mass is 32.2. The lowest BCUT2D eigenvalue weighted by atomic mass is 10.2. The van der Waals surface area contributed by atoms with Crippen molar-refractivity contribution < 1.29 is 14.7 Å². The van der Waals surface area contributed by atoms with Crippen molar-refractivity contribution in [2.45, 2.75) is 0 Å². The molecule has 1 saturated heterocycles. The van der Waals surface area contributed by atoms with Crippen LogP contribution in [-0.4, -0.2) is 32.7 Å². The number of carbonyl (C=O) groups excluding carboxylic acids is 2. The molecule has 1 heterocycles. The zero-order chi connectivity index (χ0) is 17.8. The molecule has 0 saturated carbocycles. The molecule has 7 heteroatoms. The first-order valence-corrected chi connectivity index (χ1v) is 8.65. The van der Waals surface area contributed by atoms with Gasteiger partial charge in [-0.2, -0.15) is 0 Å². The molecule has 0 aliphatic carbocycles. The van der Waals surface area contributed by atoms with Gasteiger partial charge in [-0.15, -0.1) is 0 Å². The number of nitrogens with one attached hydrogen (secondary N) is 1. The van der Waals surface area contributed by atoms with Gasteiger partial charge in [0.2, 0.25) is 5.91 Å². The summed E-state index contributed by atoms with van der Waals surface area (Å²) in [6, 6.07) is 15.5. The van der Waals surface area contributed by atoms with Crippen molar-refractivity contribution in [2.75, 3.05) is 11.9 Å². The summed E-state index contributed by atoms with van der Waals surface area (Å²) in [5.74, 6) is -0.457. The van der Waals surface area contributed by atoms with E-state index in [0.717, 1.165) is 17.3 Å². The van der Waals surface area contributed by atoms with Crippen molar-refractivity contribution in [1.29, 1.82) is 0 Å². The first-order chi connectivity index (χ1) is 12.0. The summed E-state index contributed by atoms with van der Waals surface area (Å²) in [4.78, 5) is 26.4. The molecule has 2 N–H and O–H groups in total. The van der Waals surface area contributed by atoms with Gasteiger partial charge >= 0.3 is 0 Å². The fourth-order valence-electron chi connectivity index (χ4n) is 2.22. The first-order valence-electron chi connectivity index (χ1n) is 7.42. The number of hydrogen-bond donors (Lipinski definition) is 2. The zero-order valence-corrected chi connectivity index (χ0v) is 14.6. The molecule has 0 radical (unpaired) electrons. The van der Waals surface area contributed by atoms with Crippen molar-refractivity contribution in [2.24, 2.45) is 0 Å². The van der Waals surface area contributed by atoms with E-state index in [4.69, 9.17) is 12.2 Å². The van der Waals surface area contributed by atoms with Crippen LogP contribution < -0.4 is 5.32 Å². The Labute approximate surface area is 154 Å². The van der Waals surface area contributed by atoms with Gasteiger partial charge < -0.3 is 10.4 Å². The Morgan fingerprint density at radius 1 is 1.16 bits per heavy atom. The number of carbonyl (C=O) groups is 2. The lowest BCUT2D eigenvalue weighted by Crippen LogP contribution is -2.36. The topological polar surface area (TPSA) is 69.6 Å². The van der Waals surface area contributed by atoms with Crippen LogP contribution in [-0.2, 0) is 9.59 Å². The Morgan fingerprint density at radius 3 is 2.52 bits per heavy atom. The Bertz CT molecular complexity index is 848. The van der Waals surface area contributed by atoms with Crippen LogP contribution in [0.2, 0.25) is 0 Å². The van der Waals surface area contributed by atoms with Gasteiger partial charge in [-0.3, -0.25) is 14.5 Å². The Balaban J connectivity index is 1.69. The summed E-state index contributed by atoms with van der Waals surface area (Å²) in [6.45, 7) is -0.132. The number of anilines is 1. The van der Waals surface area contributed by atoms with Gasteiger partial charge in [-0.1, -0.05) is 54.3 Å². The van der Waals surface area contributed by atoms with E-state index in [2.05, 4.69) is 5.32 Å². The van der Waals surface area contributed by atoms with Gasteiger partial charge in [0.1, 0.15) is 16.6 Å². The minimum atomic E-state index is -0.312. The second-order valence-corrected chi connectivity index (χ2v) is 6.95. The van der Waals surface area contributed by atoms with Crippen LogP contribution in [0.3, 0.4) is 0 Å². The molecule has 2 amide bonds. The van der Waals surface area contributed by atoms with Crippen LogP contribution in [0, 0.1) is 0 Å². The third-order valence-corrected chi connectivity index (χ3v) is 4.80. The Kier molecular flexibility index (Phi) is 5.16. The Morgan fingerprint density at radius 2 is 1.84 bits per heavy atom. The average molecular weight is 370 g/mol. The standard InChI is InChI=1S/C18H14N2O3S2/c21-14-8-6-12(7-9-14)10-15-17(23)20(18(24)25-15)11-16(22)19-13-4-2-1-3-5-13/h1-10,21H,11H2,(H,19,22)/b15-10-. The normalized spacial score (nSPS) is 15.7. The predicted molar refractivity (Wildman–Crippen MR) is 103 cm³/mol. The van der Waals surface area contributed by atoms with E-state index in [1.54, 1.807) is 42.5 Å². The van der Waals surface area contributed by atoms with Crippen LogP contribution in [0.15, 0.2) is 59.5 Å². The van der Waals surface area contributed by atoms with E-state index in [1.807, 2.05) is 18.2 Å². The summed E-state index contributed by atoms with van der Waals surface area (Å²) in [5.41, 5.74) is 1.43. The van der Waals surface area contributed by atoms with Gasteiger partial charge in [0.05, 0.1) is 4.91 Å². The number of thiocarbonyl (C=S) groups is 1. The number of phenols is 1. The van der Waals surface area contributed by atoms with E-state index >= 15 is 0 Å². The number of phenolic OH excluding ortho intramolecular Hbond substituents is 1. The summed E-state index contributed by atoms with van der Waals surface area (Å²) < 4.78 is 0.346. The maximum absolute atomic E-state index is 12.5. The monoisotopic (exact) mass is 370 g/mol. The van der Waals surface area contributed by atoms with Gasteiger partial charge in [0.15, 0.2) is 0 Å². The summed E-state index contributed by atoms with van der Waals surface area (Å²) in [5, 5.41) is 12.0. The molecule has 3 rings (SSSR count). The number of thioether (sulfide) groups is 1. The highest BCUT2D eigenvalue weighted by Crippen LogP contribution is 2.32. The van der Waals surface area contributed by atoms with Crippen LogP contribution in [0.5, 0.6) is 5.75 Å². The summed E-state index contributed by atoms with van der Waals surface area (Å²) >= 11 is 6.38. The molecule has 1 fully saturated rings. The molecule has 2 aromatic rings. The van der Waals surface area contributed by atoms with Crippen molar-refractivity contribution in [3.05, 3.63) is 65.1 Å². The van der Waals surface area contributed by atoms with E-state index < -0.39 is 0 Å². The van der Waals surface area contributed by atoms with E-state index in [1.165, 1.54) is 4.90 Å². The molecule has 0 atom stereocenters. The fraction of sp³-hybridized carbons (Fsp3) is 0.0556. The van der Waals surface area contributed by atoms with Crippen molar-refractivity contribution in [3.63, 3.8) is 0 Å². The molecular formula is C18H14N2O3S2. The molecule has 0 bridgehead atoms. The molecule has 0 aromatic heterocycles. The van der Waals surface area contributed by atoms with E-state index in [9.17, 15) is 14.7 Å². The highest BCUT2D eigenvalue weighted by molar-refractivity contribution is 8.26. The second-order valence-electron chi connectivity index (χ2n) is 5.27. The second kappa shape index (κ2) is 7.50. The molecule has 5 nitrogen and oxygen atoms in total. The lowest BCUT2D eigenvalue weighted by Gasteiger charge is -2.14. The third kappa shape index (κ3) is 4.26. The van der Waals surface area contributed by atoms with Crippen molar-refractivity contribution in [1.82, 2.24) is 4.90 Å². The van der Waals surface area contributed by atoms with Crippen LogP contribution >= 0.6 is 24.0 Å². The maximum Gasteiger partial charge on any atom is 0.266 e. The molecule has 2 aromatic carbocycles. The zero-order valence-electron chi connectivity index (χ0n) is 13.0. The number of rotatable bonds is 4. The first kappa shape index (κ1) is 17.2. The third-order valence-electron chi connectivity index (χ3n) is 3.42. The molecule has 126 valence electrons. The number of hydrogen-bond acceptors (Lipinski definition) is 5. The molecule has 1 aliphatic rings. The van der Waals surface area contributed by atoms with Gasteiger partial charge in [-0.05, 0) is 35.9 Å². The molecular weight excluding hydrogens is 356 g/mol. The van der Waals surface area contributed by atoms with Gasteiger partial charge in [0, 0.05) is 5.69 Å². The SMILES string of the molecule is O=C(CN1C(=O)/C(=C/c2ccc(O)cc2)SC1=S)Nc1ccccc1. The van der Waals surface area contributed by atoms with Gasteiger partial charge in [-0.25, -0.2) is 0 Å². The maximum atomic E-state index is 12.5. The molecule has 1 aliphatic heterocycles. The number of aromatic hydroxyl groups is 1. The van der Waals surface area contributed by atoms with Crippen LogP contribution in [0.4, 0.5) is 5.69 Å². The van der Waals surface area contributed by atoms with Crippen LogP contribution in [0.1, 0.15) is 5.56 Å². The molecule has 25 heavy (non-hydrogen) atoms. The van der Waals surface area contributed by atoms with E-state index in [-0.39, 0.29) is 24.1 Å². The summed E-state index contributed by atoms with van der Waals surface area (Å²) in [6.07, 6.45) is 1.69. The lowest BCUT2D eigenvalue weighted by molar-refractivity contribution is -0.126. The number of nitrogens with zero attached hydrogens (tertiary/aromatic N) is 1. The highest BCUT2D eigenvalue weighted by Gasteiger charge is 2.33. The Hall–Kier alpha value is -2.64. The minimum Gasteiger partial charge on any atom is -0.508 e. The van der Waals surface area contributed by atoms with E-state index in [0.29, 0.717) is 14.9 Å². The number of amides is 2. The summed E-state index contributed by atoms with van der Waals surface area (Å²) in [7, 11) is 0. The van der Waals surface area contributed by atoms with Crippen molar-refractivity contribution >= 4 is 51.9 Å². The van der Waals surface area contributed by atoms with Crippen LogP contribution in [0.25, 0.3) is 6.08 Å². The van der Waals surface area contributed by atoms with Crippen molar-refractivity contribution in [3.8, 4) is 5.75 Å². The minimum absolute atomic E-state index is 0.132. The smallest absolute Gasteiger partial charge is 0.266 e. The predicted octanol–water partition coefficient (Wildman–Crippen LogP) is 3.23. The average Bonchev–Trinajstić information content (AvgIpc) is 2.85. The largest absolute Gasteiger partial charge is 0.508 e. The quantitative estimate of drug-likeness (QED) is 0.639. The van der Waals surface area contributed by atoms with Gasteiger partial charge in [0.25, 0.3) is 5.91 Å². The number of para-hydroxylation sites is 1. The molecule has 0 unspecified atom stereocenters.